The minimum Gasteiger partial charge on any atom is -0.275 e. The second kappa shape index (κ2) is 5.41. The number of urea groups is 1. The van der Waals surface area contributed by atoms with E-state index in [9.17, 15) is 31.2 Å². The summed E-state index contributed by atoms with van der Waals surface area (Å²) in [6, 6.07) is 0.680. The summed E-state index contributed by atoms with van der Waals surface area (Å²) in [5.74, 6) is -0.761. The maximum absolute atomic E-state index is 12.6. The average Bonchev–Trinajstić information content (AvgIpc) is 2.65. The minimum atomic E-state index is -4.77. The van der Waals surface area contributed by atoms with E-state index in [1.807, 2.05) is 0 Å². The Morgan fingerprint density at radius 2 is 1.91 bits per heavy atom. The normalized spacial score (nSPS) is 16.1. The van der Waals surface area contributed by atoms with Crippen molar-refractivity contribution >= 4 is 33.6 Å². The van der Waals surface area contributed by atoms with Gasteiger partial charge in [0.05, 0.1) is 10.6 Å². The molecule has 2 rings (SSSR count). The summed E-state index contributed by atoms with van der Waals surface area (Å²) in [5, 5.41) is 1.74. The van der Waals surface area contributed by atoms with Crippen LogP contribution < -0.4 is 10.1 Å². The number of nitrogens with zero attached hydrogens (tertiary/aromatic N) is 1. The number of rotatable bonds is 3. The Morgan fingerprint density at radius 1 is 1.27 bits per heavy atom. The first-order valence-electron chi connectivity index (χ1n) is 5.51. The molecule has 120 valence electrons. The van der Waals surface area contributed by atoms with Gasteiger partial charge in [0.25, 0.3) is 10.0 Å². The molecule has 1 aliphatic heterocycles. The van der Waals surface area contributed by atoms with Gasteiger partial charge in [0.2, 0.25) is 5.91 Å². The number of nitrogens with one attached hydrogen (secondary N) is 2. The van der Waals surface area contributed by atoms with Crippen molar-refractivity contribution in [3.8, 4) is 0 Å². The first-order valence-corrected chi connectivity index (χ1v) is 7.37. The van der Waals surface area contributed by atoms with Crippen LogP contribution in [0.3, 0.4) is 0 Å². The number of sulfonamides is 1. The molecule has 1 aromatic carbocycles. The van der Waals surface area contributed by atoms with Crippen LogP contribution in [0, 0.1) is 0 Å². The summed E-state index contributed by atoms with van der Waals surface area (Å²) in [7, 11) is -4.58. The zero-order chi connectivity index (χ0) is 16.7. The highest BCUT2D eigenvalue weighted by atomic mass is 35.5. The third kappa shape index (κ3) is 3.31. The predicted octanol–water partition coefficient (Wildman–Crippen LogP) is 1.10. The van der Waals surface area contributed by atoms with Gasteiger partial charge in [-0.2, -0.15) is 13.2 Å². The highest BCUT2D eigenvalue weighted by molar-refractivity contribution is 7.89. The summed E-state index contributed by atoms with van der Waals surface area (Å²) in [4.78, 5) is 23.0. The van der Waals surface area contributed by atoms with Gasteiger partial charge in [0.15, 0.2) is 0 Å². The molecule has 1 aromatic rings. The van der Waals surface area contributed by atoms with E-state index in [4.69, 9.17) is 11.6 Å². The highest BCUT2D eigenvalue weighted by Gasteiger charge is 2.35. The van der Waals surface area contributed by atoms with E-state index in [-0.39, 0.29) is 0 Å². The van der Waals surface area contributed by atoms with Gasteiger partial charge in [-0.05, 0) is 18.2 Å². The Morgan fingerprint density at radius 3 is 2.41 bits per heavy atom. The van der Waals surface area contributed by atoms with E-state index in [0.717, 1.165) is 6.07 Å². The number of alkyl halides is 3. The van der Waals surface area contributed by atoms with E-state index < -0.39 is 50.2 Å². The Kier molecular flexibility index (Phi) is 4.06. The van der Waals surface area contributed by atoms with Crippen LogP contribution in [0.15, 0.2) is 23.1 Å². The number of imide groups is 1. The van der Waals surface area contributed by atoms with Crippen LogP contribution in [-0.4, -0.2) is 31.9 Å². The lowest BCUT2D eigenvalue weighted by Gasteiger charge is -2.16. The van der Waals surface area contributed by atoms with Crippen molar-refractivity contribution in [3.05, 3.63) is 28.8 Å². The Hall–Kier alpha value is -1.85. The van der Waals surface area contributed by atoms with Crippen LogP contribution in [0.4, 0.5) is 18.0 Å². The molecule has 7 nitrogen and oxygen atoms in total. The van der Waals surface area contributed by atoms with Gasteiger partial charge in [0.1, 0.15) is 11.4 Å². The topological polar surface area (TPSA) is 95.6 Å². The molecule has 0 aromatic heterocycles. The number of carbonyl (C=O) groups is 2. The van der Waals surface area contributed by atoms with Crippen molar-refractivity contribution in [3.63, 3.8) is 0 Å². The zero-order valence-corrected chi connectivity index (χ0v) is 12.0. The van der Waals surface area contributed by atoms with E-state index >= 15 is 0 Å². The lowest BCUT2D eigenvalue weighted by atomic mass is 10.2. The zero-order valence-electron chi connectivity index (χ0n) is 10.4. The summed E-state index contributed by atoms with van der Waals surface area (Å²) >= 11 is 5.61. The number of amides is 3. The SMILES string of the molecule is O=C1CN(NS(=O)(=O)c2cc(C(F)(F)F)ccc2Cl)C(=O)N1. The molecule has 0 radical (unpaired) electrons. The largest absolute Gasteiger partial charge is 0.416 e. The van der Waals surface area contributed by atoms with Gasteiger partial charge >= 0.3 is 12.2 Å². The van der Waals surface area contributed by atoms with E-state index in [2.05, 4.69) is 0 Å². The molecule has 0 atom stereocenters. The highest BCUT2D eigenvalue weighted by Crippen LogP contribution is 2.33. The Bertz CT molecular complexity index is 750. The molecule has 0 saturated carbocycles. The smallest absolute Gasteiger partial charge is 0.275 e. The van der Waals surface area contributed by atoms with Crippen LogP contribution >= 0.6 is 11.6 Å². The Labute approximate surface area is 127 Å². The fourth-order valence-electron chi connectivity index (χ4n) is 1.60. The van der Waals surface area contributed by atoms with Crippen molar-refractivity contribution in [2.24, 2.45) is 0 Å². The molecule has 12 heteroatoms. The molecule has 1 fully saturated rings. The third-order valence-electron chi connectivity index (χ3n) is 2.57. The van der Waals surface area contributed by atoms with Crippen LogP contribution in [0.1, 0.15) is 5.56 Å². The lowest BCUT2D eigenvalue weighted by molar-refractivity contribution is -0.137. The second-order valence-electron chi connectivity index (χ2n) is 4.18. The lowest BCUT2D eigenvalue weighted by Crippen LogP contribution is -2.44. The molecule has 0 aliphatic carbocycles. The van der Waals surface area contributed by atoms with Gasteiger partial charge in [-0.1, -0.05) is 11.6 Å². The third-order valence-corrected chi connectivity index (χ3v) is 4.39. The van der Waals surface area contributed by atoms with Crippen molar-refractivity contribution in [2.75, 3.05) is 6.54 Å². The summed E-state index contributed by atoms with van der Waals surface area (Å²) in [6.07, 6.45) is -4.77. The van der Waals surface area contributed by atoms with Crippen LogP contribution in [0.5, 0.6) is 0 Å². The molecule has 1 aliphatic rings. The predicted molar refractivity (Wildman–Crippen MR) is 67.0 cm³/mol. The molecule has 22 heavy (non-hydrogen) atoms. The molecular formula is C10H7ClF3N3O4S. The maximum Gasteiger partial charge on any atom is 0.416 e. The van der Waals surface area contributed by atoms with Gasteiger partial charge in [-0.15, -0.1) is 4.83 Å². The summed E-state index contributed by atoms with van der Waals surface area (Å²) in [6.45, 7) is -0.603. The van der Waals surface area contributed by atoms with Crippen molar-refractivity contribution in [1.29, 1.82) is 0 Å². The molecular weight excluding hydrogens is 351 g/mol. The van der Waals surface area contributed by atoms with Gasteiger partial charge in [-0.25, -0.2) is 18.2 Å². The molecule has 2 N–H and O–H groups in total. The summed E-state index contributed by atoms with van der Waals surface area (Å²) < 4.78 is 62.0. The average molecular weight is 358 g/mol. The molecule has 1 heterocycles. The quantitative estimate of drug-likeness (QED) is 0.792. The standard InChI is InChI=1S/C10H7ClF3N3O4S/c11-6-2-1-5(10(12,13)14)3-7(6)22(20,21)16-17-4-8(18)15-9(17)19/h1-3,16H,4H2,(H,15,18,19). The van der Waals surface area contributed by atoms with Gasteiger partial charge in [-0.3, -0.25) is 10.1 Å². The van der Waals surface area contributed by atoms with Crippen molar-refractivity contribution < 1.29 is 31.2 Å². The van der Waals surface area contributed by atoms with Crippen LogP contribution in [-0.2, 0) is 21.0 Å². The van der Waals surface area contributed by atoms with Gasteiger partial charge < -0.3 is 0 Å². The first kappa shape index (κ1) is 16.5. The van der Waals surface area contributed by atoms with E-state index in [1.54, 1.807) is 10.1 Å². The first-order chi connectivity index (χ1) is 10.0. The number of carbonyl (C=O) groups excluding carboxylic acids is 2. The Balaban J connectivity index is 2.37. The van der Waals surface area contributed by atoms with E-state index in [1.165, 1.54) is 0 Å². The second-order valence-corrected chi connectivity index (χ2v) is 6.21. The molecule has 1 saturated heterocycles. The van der Waals surface area contributed by atoms with Gasteiger partial charge in [0, 0.05) is 0 Å². The fraction of sp³-hybridized carbons (Fsp3) is 0.200. The molecule has 0 spiro atoms. The van der Waals surface area contributed by atoms with Crippen molar-refractivity contribution in [1.82, 2.24) is 15.2 Å². The number of halogens is 4. The number of hydrazine groups is 1. The fourth-order valence-corrected chi connectivity index (χ4v) is 3.16. The molecule has 3 amide bonds. The maximum atomic E-state index is 12.6. The molecule has 0 bridgehead atoms. The number of hydrogen-bond donors (Lipinski definition) is 2. The van der Waals surface area contributed by atoms with E-state index in [0.29, 0.717) is 17.1 Å². The molecule has 0 unspecified atom stereocenters. The summed E-state index contributed by atoms with van der Waals surface area (Å²) in [5.41, 5.74) is -1.22. The number of benzene rings is 1. The van der Waals surface area contributed by atoms with Crippen LogP contribution in [0.25, 0.3) is 0 Å². The van der Waals surface area contributed by atoms with Crippen LogP contribution in [0.2, 0.25) is 5.02 Å². The minimum absolute atomic E-state index is 0.334. The van der Waals surface area contributed by atoms with Crippen molar-refractivity contribution in [2.45, 2.75) is 11.1 Å². The number of hydrogen-bond acceptors (Lipinski definition) is 4. The monoisotopic (exact) mass is 357 g/mol.